The average Bonchev–Trinajstić information content (AvgIpc) is 2.76. The van der Waals surface area contributed by atoms with Crippen molar-refractivity contribution in [1.82, 2.24) is 4.90 Å². The molecule has 0 aromatic heterocycles. The first-order valence-corrected chi connectivity index (χ1v) is 6.15. The van der Waals surface area contributed by atoms with Gasteiger partial charge in [0, 0.05) is 12.6 Å². The summed E-state index contributed by atoms with van der Waals surface area (Å²) in [6.45, 7) is 3.34. The number of carbonyl (C=O) groups excluding carboxylic acids is 1. The van der Waals surface area contributed by atoms with Crippen LogP contribution in [0.15, 0.2) is 53.8 Å². The molecular weight excluding hydrogens is 226 g/mol. The van der Waals surface area contributed by atoms with E-state index in [2.05, 4.69) is 24.0 Å². The third-order valence-electron chi connectivity index (χ3n) is 3.45. The number of hydrogen-bond donors (Lipinski definition) is 0. The first-order chi connectivity index (χ1) is 8.75. The molecule has 18 heavy (non-hydrogen) atoms. The SMILES string of the molecule is CC1C=CC2=C(COC2=O)N1Cc1ccccc1. The van der Waals surface area contributed by atoms with Gasteiger partial charge in [0.05, 0.1) is 11.3 Å². The zero-order valence-electron chi connectivity index (χ0n) is 10.3. The molecule has 0 aliphatic carbocycles. The van der Waals surface area contributed by atoms with Gasteiger partial charge in [-0.15, -0.1) is 0 Å². The maximum absolute atomic E-state index is 11.6. The van der Waals surface area contributed by atoms with Crippen LogP contribution >= 0.6 is 0 Å². The van der Waals surface area contributed by atoms with Crippen LogP contribution in [0.1, 0.15) is 12.5 Å². The molecule has 0 saturated carbocycles. The third-order valence-corrected chi connectivity index (χ3v) is 3.45. The summed E-state index contributed by atoms with van der Waals surface area (Å²) in [5, 5.41) is 0. The van der Waals surface area contributed by atoms with Crippen molar-refractivity contribution in [2.75, 3.05) is 6.61 Å². The molecule has 0 spiro atoms. The van der Waals surface area contributed by atoms with Crippen molar-refractivity contribution in [2.24, 2.45) is 0 Å². The average molecular weight is 241 g/mol. The fraction of sp³-hybridized carbons (Fsp3) is 0.267. The summed E-state index contributed by atoms with van der Waals surface area (Å²) in [4.78, 5) is 13.8. The van der Waals surface area contributed by atoms with E-state index in [0.29, 0.717) is 18.2 Å². The predicted octanol–water partition coefficient (Wildman–Crippen LogP) is 2.26. The Kier molecular flexibility index (Phi) is 2.67. The van der Waals surface area contributed by atoms with Crippen LogP contribution in [0.3, 0.4) is 0 Å². The van der Waals surface area contributed by atoms with Crippen molar-refractivity contribution in [3.8, 4) is 0 Å². The molecule has 1 atom stereocenters. The molecule has 1 aromatic rings. The standard InChI is InChI=1S/C15H15NO2/c1-11-7-8-13-14(10-18-15(13)17)16(11)9-12-5-3-2-4-6-12/h2-8,11H,9-10H2,1H3. The highest BCUT2D eigenvalue weighted by molar-refractivity contribution is 5.95. The Balaban J connectivity index is 1.89. The Hall–Kier alpha value is -2.03. The molecule has 0 bridgehead atoms. The van der Waals surface area contributed by atoms with Crippen LogP contribution in [0, 0.1) is 0 Å². The molecule has 3 rings (SSSR count). The largest absolute Gasteiger partial charge is 0.456 e. The van der Waals surface area contributed by atoms with Crippen molar-refractivity contribution in [2.45, 2.75) is 19.5 Å². The number of benzene rings is 1. The second-order valence-corrected chi connectivity index (χ2v) is 4.65. The lowest BCUT2D eigenvalue weighted by Gasteiger charge is -2.32. The van der Waals surface area contributed by atoms with E-state index in [9.17, 15) is 4.79 Å². The Morgan fingerprint density at radius 3 is 2.89 bits per heavy atom. The van der Waals surface area contributed by atoms with Gasteiger partial charge < -0.3 is 9.64 Å². The smallest absolute Gasteiger partial charge is 0.340 e. The first kappa shape index (κ1) is 11.1. The second-order valence-electron chi connectivity index (χ2n) is 4.65. The lowest BCUT2D eigenvalue weighted by molar-refractivity contribution is -0.135. The number of ether oxygens (including phenoxy) is 1. The quantitative estimate of drug-likeness (QED) is 0.744. The van der Waals surface area contributed by atoms with Gasteiger partial charge in [0.15, 0.2) is 0 Å². The molecule has 0 N–H and O–H groups in total. The van der Waals surface area contributed by atoms with E-state index in [0.717, 1.165) is 12.2 Å². The van der Waals surface area contributed by atoms with Gasteiger partial charge in [-0.3, -0.25) is 0 Å². The minimum Gasteiger partial charge on any atom is -0.456 e. The van der Waals surface area contributed by atoms with Gasteiger partial charge in [-0.25, -0.2) is 4.79 Å². The molecule has 2 aliphatic heterocycles. The molecule has 92 valence electrons. The van der Waals surface area contributed by atoms with Crippen LogP contribution in [-0.4, -0.2) is 23.5 Å². The number of rotatable bonds is 2. The number of esters is 1. The Bertz CT molecular complexity index is 531. The minimum absolute atomic E-state index is 0.203. The third kappa shape index (κ3) is 1.82. The zero-order valence-corrected chi connectivity index (χ0v) is 10.3. The van der Waals surface area contributed by atoms with Crippen molar-refractivity contribution < 1.29 is 9.53 Å². The fourth-order valence-electron chi connectivity index (χ4n) is 2.41. The molecule has 2 heterocycles. The van der Waals surface area contributed by atoms with Gasteiger partial charge in [-0.05, 0) is 18.6 Å². The van der Waals surface area contributed by atoms with E-state index in [4.69, 9.17) is 4.74 Å². The van der Waals surface area contributed by atoms with E-state index in [-0.39, 0.29) is 5.97 Å². The van der Waals surface area contributed by atoms with Crippen LogP contribution in [0.4, 0.5) is 0 Å². The van der Waals surface area contributed by atoms with E-state index >= 15 is 0 Å². The second kappa shape index (κ2) is 4.33. The van der Waals surface area contributed by atoms with Crippen LogP contribution in [0.5, 0.6) is 0 Å². The predicted molar refractivity (Wildman–Crippen MR) is 68.6 cm³/mol. The maximum Gasteiger partial charge on any atom is 0.340 e. The van der Waals surface area contributed by atoms with Crippen LogP contribution in [0.25, 0.3) is 0 Å². The Morgan fingerprint density at radius 2 is 2.11 bits per heavy atom. The summed E-state index contributed by atoms with van der Waals surface area (Å²) in [5.74, 6) is -0.203. The van der Waals surface area contributed by atoms with Gasteiger partial charge in [0.1, 0.15) is 6.61 Å². The first-order valence-electron chi connectivity index (χ1n) is 6.15. The highest BCUT2D eigenvalue weighted by atomic mass is 16.5. The fourth-order valence-corrected chi connectivity index (χ4v) is 2.41. The summed E-state index contributed by atoms with van der Waals surface area (Å²) in [7, 11) is 0. The zero-order chi connectivity index (χ0) is 12.5. The van der Waals surface area contributed by atoms with Gasteiger partial charge in [-0.1, -0.05) is 36.4 Å². The lowest BCUT2D eigenvalue weighted by atomic mass is 10.0. The number of nitrogens with zero attached hydrogens (tertiary/aromatic N) is 1. The van der Waals surface area contributed by atoms with E-state index in [1.807, 2.05) is 30.4 Å². The van der Waals surface area contributed by atoms with E-state index < -0.39 is 0 Å². The summed E-state index contributed by atoms with van der Waals surface area (Å²) in [6, 6.07) is 10.6. The number of cyclic esters (lactones) is 1. The summed E-state index contributed by atoms with van der Waals surface area (Å²) in [6.07, 6.45) is 3.94. The van der Waals surface area contributed by atoms with Crippen molar-refractivity contribution in [3.05, 3.63) is 59.3 Å². The number of carbonyl (C=O) groups is 1. The molecule has 0 saturated heterocycles. The molecule has 0 fully saturated rings. The minimum atomic E-state index is -0.203. The van der Waals surface area contributed by atoms with E-state index in [1.54, 1.807) is 0 Å². The normalized spacial score (nSPS) is 22.2. The highest BCUT2D eigenvalue weighted by Gasteiger charge is 2.31. The Labute approximate surface area is 106 Å². The molecule has 3 nitrogen and oxygen atoms in total. The maximum atomic E-state index is 11.6. The van der Waals surface area contributed by atoms with Crippen molar-refractivity contribution in [1.29, 1.82) is 0 Å². The highest BCUT2D eigenvalue weighted by Crippen LogP contribution is 2.28. The molecule has 1 aromatic carbocycles. The van der Waals surface area contributed by atoms with E-state index in [1.165, 1.54) is 5.56 Å². The van der Waals surface area contributed by atoms with Crippen molar-refractivity contribution in [3.63, 3.8) is 0 Å². The van der Waals surface area contributed by atoms with Crippen LogP contribution in [-0.2, 0) is 16.1 Å². The topological polar surface area (TPSA) is 29.5 Å². The summed E-state index contributed by atoms with van der Waals surface area (Å²) < 4.78 is 5.11. The molecular formula is C15H15NO2. The van der Waals surface area contributed by atoms with Crippen LogP contribution < -0.4 is 0 Å². The molecule has 1 unspecified atom stereocenters. The molecule has 0 radical (unpaired) electrons. The van der Waals surface area contributed by atoms with Gasteiger partial charge in [-0.2, -0.15) is 0 Å². The molecule has 2 aliphatic rings. The molecule has 3 heteroatoms. The van der Waals surface area contributed by atoms with Gasteiger partial charge in [0.25, 0.3) is 0 Å². The number of hydrogen-bond acceptors (Lipinski definition) is 3. The summed E-state index contributed by atoms with van der Waals surface area (Å²) >= 11 is 0. The monoisotopic (exact) mass is 241 g/mol. The summed E-state index contributed by atoms with van der Waals surface area (Å²) in [5.41, 5.74) is 2.97. The molecule has 0 amide bonds. The van der Waals surface area contributed by atoms with Gasteiger partial charge >= 0.3 is 5.97 Å². The lowest BCUT2D eigenvalue weighted by Crippen LogP contribution is -2.33. The Morgan fingerprint density at radius 1 is 1.33 bits per heavy atom. The van der Waals surface area contributed by atoms with Crippen LogP contribution in [0.2, 0.25) is 0 Å². The van der Waals surface area contributed by atoms with Crippen molar-refractivity contribution >= 4 is 5.97 Å². The van der Waals surface area contributed by atoms with Gasteiger partial charge in [0.2, 0.25) is 0 Å².